The molecule has 17 heavy (non-hydrogen) atoms. The molecule has 0 aliphatic carbocycles. The van der Waals surface area contributed by atoms with Gasteiger partial charge in [0.15, 0.2) is 0 Å². The molecule has 0 unspecified atom stereocenters. The second-order valence-corrected chi connectivity index (χ2v) is 5.09. The van der Waals surface area contributed by atoms with E-state index in [-0.39, 0.29) is 5.41 Å². The molecule has 1 aliphatic heterocycles. The molecule has 0 N–H and O–H groups in total. The Morgan fingerprint density at radius 1 is 1.12 bits per heavy atom. The predicted molar refractivity (Wildman–Crippen MR) is 70.9 cm³/mol. The molecule has 1 heterocycles. The van der Waals surface area contributed by atoms with Gasteiger partial charge in [-0.15, -0.1) is 6.42 Å². The predicted octanol–water partition coefficient (Wildman–Crippen LogP) is 3.40. The van der Waals surface area contributed by atoms with Crippen LogP contribution in [0.1, 0.15) is 51.9 Å². The van der Waals surface area contributed by atoms with Crippen molar-refractivity contribution in [1.82, 2.24) is 0 Å². The number of rotatable bonds is 10. The number of terminal acetylenes is 1. The first kappa shape index (κ1) is 14.5. The van der Waals surface area contributed by atoms with E-state index in [1.165, 1.54) is 38.5 Å². The minimum absolute atomic E-state index is 0.110. The lowest BCUT2D eigenvalue weighted by molar-refractivity contribution is -0.114. The molecule has 0 bridgehead atoms. The van der Waals surface area contributed by atoms with Crippen molar-refractivity contribution in [2.75, 3.05) is 26.4 Å². The van der Waals surface area contributed by atoms with E-state index < -0.39 is 0 Å². The molecular formula is C15H26O2. The standard InChI is InChI=1S/C15H26O2/c1-3-5-6-7-8-9-10-11-16-12-15(4-2)13-17-14-15/h2H,3,5-14H2,1H3. The van der Waals surface area contributed by atoms with Crippen LogP contribution in [0.25, 0.3) is 0 Å². The summed E-state index contributed by atoms with van der Waals surface area (Å²) in [6.07, 6.45) is 14.7. The summed E-state index contributed by atoms with van der Waals surface area (Å²) in [6, 6.07) is 0. The van der Waals surface area contributed by atoms with Crippen LogP contribution in [-0.2, 0) is 9.47 Å². The summed E-state index contributed by atoms with van der Waals surface area (Å²) in [6.45, 7) is 5.09. The zero-order chi connectivity index (χ0) is 12.4. The van der Waals surface area contributed by atoms with Gasteiger partial charge in [-0.2, -0.15) is 0 Å². The molecule has 0 aromatic heterocycles. The Hall–Kier alpha value is -0.520. The third-order valence-electron chi connectivity index (χ3n) is 3.33. The van der Waals surface area contributed by atoms with E-state index in [0.717, 1.165) is 13.0 Å². The highest BCUT2D eigenvalue weighted by atomic mass is 16.5. The van der Waals surface area contributed by atoms with Crippen molar-refractivity contribution in [2.24, 2.45) is 5.41 Å². The average Bonchev–Trinajstić information content (AvgIpc) is 2.30. The molecule has 1 rings (SSSR count). The Labute approximate surface area is 106 Å². The van der Waals surface area contributed by atoms with Crippen LogP contribution in [0.3, 0.4) is 0 Å². The largest absolute Gasteiger partial charge is 0.380 e. The van der Waals surface area contributed by atoms with Crippen molar-refractivity contribution in [2.45, 2.75) is 51.9 Å². The summed E-state index contributed by atoms with van der Waals surface area (Å²) >= 11 is 0. The molecule has 98 valence electrons. The fourth-order valence-electron chi connectivity index (χ4n) is 1.99. The molecule has 1 saturated heterocycles. The zero-order valence-electron chi connectivity index (χ0n) is 11.2. The lowest BCUT2D eigenvalue weighted by atomic mass is 9.88. The minimum Gasteiger partial charge on any atom is -0.380 e. The maximum atomic E-state index is 5.64. The van der Waals surface area contributed by atoms with Crippen LogP contribution in [0, 0.1) is 17.8 Å². The maximum Gasteiger partial charge on any atom is 0.101 e. The van der Waals surface area contributed by atoms with Crippen molar-refractivity contribution in [3.8, 4) is 12.3 Å². The molecule has 0 radical (unpaired) electrons. The van der Waals surface area contributed by atoms with Gasteiger partial charge >= 0.3 is 0 Å². The lowest BCUT2D eigenvalue weighted by Crippen LogP contribution is -2.45. The Bertz CT molecular complexity index is 226. The van der Waals surface area contributed by atoms with E-state index in [9.17, 15) is 0 Å². The molecule has 1 fully saturated rings. The van der Waals surface area contributed by atoms with E-state index in [1.807, 2.05) is 0 Å². The summed E-state index contributed by atoms with van der Waals surface area (Å²) in [7, 11) is 0. The lowest BCUT2D eigenvalue weighted by Gasteiger charge is -2.36. The number of hydrogen-bond acceptors (Lipinski definition) is 2. The van der Waals surface area contributed by atoms with Gasteiger partial charge in [0.25, 0.3) is 0 Å². The quantitative estimate of drug-likeness (QED) is 0.429. The van der Waals surface area contributed by atoms with Crippen LogP contribution in [0.2, 0.25) is 0 Å². The van der Waals surface area contributed by atoms with Gasteiger partial charge in [0, 0.05) is 6.61 Å². The van der Waals surface area contributed by atoms with Crippen LogP contribution >= 0.6 is 0 Å². The van der Waals surface area contributed by atoms with Crippen molar-refractivity contribution >= 4 is 0 Å². The molecule has 1 aliphatic rings. The molecule has 0 aromatic carbocycles. The molecule has 2 nitrogen and oxygen atoms in total. The van der Waals surface area contributed by atoms with Crippen molar-refractivity contribution < 1.29 is 9.47 Å². The first-order valence-electron chi connectivity index (χ1n) is 6.96. The normalized spacial score (nSPS) is 17.4. The fraction of sp³-hybridized carbons (Fsp3) is 0.867. The number of hydrogen-bond donors (Lipinski definition) is 0. The van der Waals surface area contributed by atoms with Gasteiger partial charge in [-0.1, -0.05) is 51.4 Å². The van der Waals surface area contributed by atoms with Crippen LogP contribution in [0.4, 0.5) is 0 Å². The van der Waals surface area contributed by atoms with Gasteiger partial charge in [-0.25, -0.2) is 0 Å². The van der Waals surface area contributed by atoms with Crippen LogP contribution in [0.15, 0.2) is 0 Å². The molecule has 0 atom stereocenters. The summed E-state index contributed by atoms with van der Waals surface area (Å²) in [4.78, 5) is 0. The fourth-order valence-corrected chi connectivity index (χ4v) is 1.99. The summed E-state index contributed by atoms with van der Waals surface area (Å²) < 4.78 is 10.8. The average molecular weight is 238 g/mol. The van der Waals surface area contributed by atoms with E-state index >= 15 is 0 Å². The molecule has 0 amide bonds. The SMILES string of the molecule is C#CC1(COCCCCCCCCC)COC1. The summed E-state index contributed by atoms with van der Waals surface area (Å²) in [5, 5.41) is 0. The Morgan fingerprint density at radius 3 is 2.29 bits per heavy atom. The van der Waals surface area contributed by atoms with Gasteiger partial charge in [-0.3, -0.25) is 0 Å². The van der Waals surface area contributed by atoms with Crippen LogP contribution < -0.4 is 0 Å². The van der Waals surface area contributed by atoms with Crippen LogP contribution in [0.5, 0.6) is 0 Å². The smallest absolute Gasteiger partial charge is 0.101 e. The summed E-state index contributed by atoms with van der Waals surface area (Å²) in [5.41, 5.74) is -0.110. The van der Waals surface area contributed by atoms with Crippen molar-refractivity contribution in [3.63, 3.8) is 0 Å². The minimum atomic E-state index is -0.110. The van der Waals surface area contributed by atoms with Gasteiger partial charge in [0.1, 0.15) is 5.41 Å². The second-order valence-electron chi connectivity index (χ2n) is 5.09. The van der Waals surface area contributed by atoms with Gasteiger partial charge in [0.05, 0.1) is 19.8 Å². The molecule has 0 aromatic rings. The van der Waals surface area contributed by atoms with Crippen molar-refractivity contribution in [3.05, 3.63) is 0 Å². The van der Waals surface area contributed by atoms with E-state index in [2.05, 4.69) is 12.8 Å². The third kappa shape index (κ3) is 5.57. The zero-order valence-corrected chi connectivity index (χ0v) is 11.2. The second kappa shape index (κ2) is 8.55. The first-order chi connectivity index (χ1) is 8.33. The first-order valence-corrected chi connectivity index (χ1v) is 6.96. The van der Waals surface area contributed by atoms with Crippen molar-refractivity contribution in [1.29, 1.82) is 0 Å². The monoisotopic (exact) mass is 238 g/mol. The molecule has 2 heteroatoms. The Balaban J connectivity index is 1.83. The van der Waals surface area contributed by atoms with E-state index in [4.69, 9.17) is 15.9 Å². The van der Waals surface area contributed by atoms with Crippen LogP contribution in [-0.4, -0.2) is 26.4 Å². The third-order valence-corrected chi connectivity index (χ3v) is 3.33. The number of unbranched alkanes of at least 4 members (excludes halogenated alkanes) is 6. The topological polar surface area (TPSA) is 18.5 Å². The summed E-state index contributed by atoms with van der Waals surface area (Å²) in [5.74, 6) is 2.79. The Morgan fingerprint density at radius 2 is 1.76 bits per heavy atom. The highest BCUT2D eigenvalue weighted by Crippen LogP contribution is 2.26. The van der Waals surface area contributed by atoms with E-state index in [1.54, 1.807) is 0 Å². The van der Waals surface area contributed by atoms with Gasteiger partial charge in [-0.05, 0) is 6.42 Å². The number of ether oxygens (including phenoxy) is 2. The maximum absolute atomic E-state index is 5.64. The molecular weight excluding hydrogens is 212 g/mol. The highest BCUT2D eigenvalue weighted by Gasteiger charge is 2.36. The van der Waals surface area contributed by atoms with Gasteiger partial charge in [0.2, 0.25) is 0 Å². The molecule has 0 spiro atoms. The molecule has 0 saturated carbocycles. The van der Waals surface area contributed by atoms with Gasteiger partial charge < -0.3 is 9.47 Å². The Kier molecular flexibility index (Phi) is 7.32. The highest BCUT2D eigenvalue weighted by molar-refractivity contribution is 5.09. The van der Waals surface area contributed by atoms with E-state index in [0.29, 0.717) is 19.8 Å².